The van der Waals surface area contributed by atoms with Gasteiger partial charge in [0.1, 0.15) is 5.75 Å². The second-order valence-electron chi connectivity index (χ2n) is 9.07. The number of nitrogens with one attached hydrogen (secondary N) is 2. The fraction of sp³-hybridized carbons (Fsp3) is 0.194. The molecule has 202 valence electrons. The van der Waals surface area contributed by atoms with Gasteiger partial charge in [-0.05, 0) is 41.8 Å². The first-order valence-corrected chi connectivity index (χ1v) is 14.0. The molecule has 1 atom stereocenters. The van der Waals surface area contributed by atoms with Crippen LogP contribution < -0.4 is 14.8 Å². The normalized spacial score (nSPS) is 11.4. The van der Waals surface area contributed by atoms with E-state index >= 15 is 0 Å². The van der Waals surface area contributed by atoms with Crippen molar-refractivity contribution in [2.45, 2.75) is 32.9 Å². The van der Waals surface area contributed by atoms with Gasteiger partial charge in [0.15, 0.2) is 5.75 Å². The third-order valence-corrected chi connectivity index (χ3v) is 6.44. The minimum Gasteiger partial charge on any atom is -0.755 e. The summed E-state index contributed by atoms with van der Waals surface area (Å²) in [6.45, 7) is 3.51. The molecule has 0 aromatic heterocycles. The van der Waals surface area contributed by atoms with E-state index in [9.17, 15) is 13.6 Å². The molecular weight excluding hydrogens is 510 g/mol. The molecule has 0 radical (unpaired) electrons. The number of para-hydroxylation sites is 1. The van der Waals surface area contributed by atoms with Crippen LogP contribution in [-0.2, 0) is 24.4 Å². The van der Waals surface area contributed by atoms with E-state index in [1.807, 2.05) is 78.9 Å². The predicted molar refractivity (Wildman–Crippen MR) is 155 cm³/mol. The van der Waals surface area contributed by atoms with Gasteiger partial charge in [0.2, 0.25) is 0 Å². The first-order valence-electron chi connectivity index (χ1n) is 12.9. The molecule has 39 heavy (non-hydrogen) atoms. The van der Waals surface area contributed by atoms with E-state index in [1.54, 1.807) is 23.1 Å². The number of amides is 1. The lowest BCUT2D eigenvalue weighted by atomic mass is 10.1. The zero-order valence-electron chi connectivity index (χ0n) is 21.8. The molecule has 0 aliphatic rings. The largest absolute Gasteiger partial charge is 0.755 e. The highest BCUT2D eigenvalue weighted by atomic mass is 32.2. The van der Waals surface area contributed by atoms with E-state index in [0.29, 0.717) is 42.4 Å². The monoisotopic (exact) mass is 542 g/mol. The Kier molecular flexibility index (Phi) is 10.1. The number of nitrogens with zero attached hydrogens (tertiary/aromatic N) is 1. The molecule has 7 nitrogen and oxygen atoms in total. The quantitative estimate of drug-likeness (QED) is 0.144. The van der Waals surface area contributed by atoms with Crippen LogP contribution >= 0.6 is 0 Å². The number of carbonyl (C=O) groups excluding carboxylic acids is 1. The van der Waals surface area contributed by atoms with Gasteiger partial charge in [0, 0.05) is 36.5 Å². The lowest BCUT2D eigenvalue weighted by Crippen LogP contribution is -2.30. The Bertz CT molecular complexity index is 1330. The van der Waals surface area contributed by atoms with Gasteiger partial charge < -0.3 is 24.2 Å². The Morgan fingerprint density at radius 2 is 1.38 bits per heavy atom. The van der Waals surface area contributed by atoms with E-state index in [-0.39, 0.29) is 11.6 Å². The Hall–Kier alpha value is -4.14. The Morgan fingerprint density at radius 3 is 1.92 bits per heavy atom. The van der Waals surface area contributed by atoms with Crippen LogP contribution in [0.5, 0.6) is 11.5 Å². The topological polar surface area (TPSA) is 93.7 Å². The van der Waals surface area contributed by atoms with Crippen LogP contribution in [0.2, 0.25) is 0 Å². The summed E-state index contributed by atoms with van der Waals surface area (Å²) in [5.74, 6) is 0.618. The number of carbonyl (C=O) groups is 1. The average molecular weight is 543 g/mol. The number of hydrogen-bond donors (Lipinski definition) is 2. The molecule has 8 heteroatoms. The van der Waals surface area contributed by atoms with E-state index in [2.05, 4.69) is 17.0 Å². The smallest absolute Gasteiger partial charge is 0.254 e. The van der Waals surface area contributed by atoms with E-state index in [4.69, 9.17) is 4.74 Å². The Balaban J connectivity index is 1.75. The molecule has 0 heterocycles. The number of benzene rings is 4. The van der Waals surface area contributed by atoms with E-state index < -0.39 is 11.3 Å². The summed E-state index contributed by atoms with van der Waals surface area (Å²) >= 11 is -2.63. The van der Waals surface area contributed by atoms with Gasteiger partial charge >= 0.3 is 0 Å². The van der Waals surface area contributed by atoms with Crippen LogP contribution in [0.3, 0.4) is 0 Å². The highest BCUT2D eigenvalue weighted by Crippen LogP contribution is 2.39. The molecule has 4 aromatic carbocycles. The first kappa shape index (κ1) is 27.9. The molecule has 1 amide bonds. The van der Waals surface area contributed by atoms with Gasteiger partial charge in [-0.2, -0.15) is 0 Å². The molecule has 1 unspecified atom stereocenters. The van der Waals surface area contributed by atoms with Crippen molar-refractivity contribution in [2.24, 2.45) is 0 Å². The molecule has 0 spiro atoms. The standard InChI is InChI=1S/C31H33N3O4S/c1-2-3-19-32-28-20-26(21-29(33-39(36)37)30(28)38-27-17-11-6-12-18-27)31(35)34(22-24-13-7-4-8-14-24)23-25-15-9-5-10-16-25/h4-18,20-21,32-33H,2-3,19,22-23H2,1H3,(H,36,37)/p-1. The summed E-state index contributed by atoms with van der Waals surface area (Å²) in [6.07, 6.45) is 1.87. The zero-order valence-corrected chi connectivity index (χ0v) is 22.7. The molecule has 0 aliphatic carbocycles. The first-order chi connectivity index (χ1) is 19.0. The maximum absolute atomic E-state index is 14.0. The second kappa shape index (κ2) is 14.1. The summed E-state index contributed by atoms with van der Waals surface area (Å²) in [5.41, 5.74) is 3.04. The van der Waals surface area contributed by atoms with Crippen LogP contribution in [0.1, 0.15) is 41.3 Å². The number of hydrogen-bond acceptors (Lipinski definition) is 5. The van der Waals surface area contributed by atoms with Crippen LogP contribution in [0.15, 0.2) is 103 Å². The lowest BCUT2D eigenvalue weighted by Gasteiger charge is -2.25. The van der Waals surface area contributed by atoms with Gasteiger partial charge in [0.05, 0.1) is 11.4 Å². The second-order valence-corrected chi connectivity index (χ2v) is 9.74. The molecular formula is C31H32N3O4S-. The minimum atomic E-state index is -2.63. The molecule has 4 rings (SSSR count). The van der Waals surface area contributed by atoms with Crippen LogP contribution in [0, 0.1) is 0 Å². The molecule has 0 fully saturated rings. The summed E-state index contributed by atoms with van der Waals surface area (Å²) < 4.78 is 32.1. The van der Waals surface area contributed by atoms with Crippen LogP contribution in [-0.4, -0.2) is 26.1 Å². The minimum absolute atomic E-state index is 0.177. The van der Waals surface area contributed by atoms with Crippen molar-refractivity contribution in [3.05, 3.63) is 120 Å². The Morgan fingerprint density at radius 1 is 0.846 bits per heavy atom. The van der Waals surface area contributed by atoms with Crippen LogP contribution in [0.4, 0.5) is 11.4 Å². The van der Waals surface area contributed by atoms with Crippen molar-refractivity contribution in [1.29, 1.82) is 0 Å². The average Bonchev–Trinajstić information content (AvgIpc) is 2.95. The van der Waals surface area contributed by atoms with E-state index in [1.165, 1.54) is 6.07 Å². The molecule has 0 saturated heterocycles. The van der Waals surface area contributed by atoms with Crippen molar-refractivity contribution in [2.75, 3.05) is 16.6 Å². The van der Waals surface area contributed by atoms with Crippen molar-refractivity contribution >= 4 is 28.5 Å². The molecule has 0 aliphatic heterocycles. The number of anilines is 2. The third-order valence-electron chi connectivity index (χ3n) is 6.06. The number of unbranched alkanes of at least 4 members (excludes halogenated alkanes) is 1. The van der Waals surface area contributed by atoms with Gasteiger partial charge in [-0.25, -0.2) is 0 Å². The molecule has 0 saturated carbocycles. The molecule has 4 aromatic rings. The maximum atomic E-state index is 14.0. The van der Waals surface area contributed by atoms with Crippen molar-refractivity contribution in [3.63, 3.8) is 0 Å². The third kappa shape index (κ3) is 8.17. The SMILES string of the molecule is CCCCNc1cc(C(=O)N(Cc2ccccc2)Cc2ccccc2)cc(NS(=O)[O-])c1Oc1ccccc1. The summed E-state index contributed by atoms with van der Waals surface area (Å²) in [4.78, 5) is 15.8. The molecule has 0 bridgehead atoms. The van der Waals surface area contributed by atoms with Gasteiger partial charge in [-0.15, -0.1) is 0 Å². The van der Waals surface area contributed by atoms with Gasteiger partial charge in [-0.1, -0.05) is 92.2 Å². The zero-order chi connectivity index (χ0) is 27.5. The number of rotatable bonds is 13. The fourth-order valence-corrected chi connectivity index (χ4v) is 4.49. The number of ether oxygens (including phenoxy) is 1. The highest BCUT2D eigenvalue weighted by molar-refractivity contribution is 7.80. The summed E-state index contributed by atoms with van der Waals surface area (Å²) in [5, 5.41) is 3.34. The van der Waals surface area contributed by atoms with Gasteiger partial charge in [0.25, 0.3) is 5.91 Å². The predicted octanol–water partition coefficient (Wildman–Crippen LogP) is 6.74. The molecule has 2 N–H and O–H groups in total. The summed E-state index contributed by atoms with van der Waals surface area (Å²) in [6, 6.07) is 31.9. The Labute approximate surface area is 232 Å². The highest BCUT2D eigenvalue weighted by Gasteiger charge is 2.22. The van der Waals surface area contributed by atoms with Crippen molar-refractivity contribution < 1.29 is 18.3 Å². The summed E-state index contributed by atoms with van der Waals surface area (Å²) in [7, 11) is 0. The van der Waals surface area contributed by atoms with E-state index in [0.717, 1.165) is 24.0 Å². The van der Waals surface area contributed by atoms with Crippen molar-refractivity contribution in [1.82, 2.24) is 4.90 Å². The van der Waals surface area contributed by atoms with Crippen LogP contribution in [0.25, 0.3) is 0 Å². The van der Waals surface area contributed by atoms with Crippen molar-refractivity contribution in [3.8, 4) is 11.5 Å². The van der Waals surface area contributed by atoms with Gasteiger partial charge in [-0.3, -0.25) is 9.00 Å². The maximum Gasteiger partial charge on any atom is 0.254 e. The fourth-order valence-electron chi connectivity index (χ4n) is 4.16. The lowest BCUT2D eigenvalue weighted by molar-refractivity contribution is 0.0730.